The number of aromatic nitrogens is 1. The molecule has 0 aliphatic rings. The number of unbranched alkanes of at least 4 members (excludes halogenated alkanes) is 1. The molecule has 0 spiro atoms. The van der Waals surface area contributed by atoms with Gasteiger partial charge in [0, 0.05) is 16.5 Å². The lowest BCUT2D eigenvalue weighted by molar-refractivity contribution is 0.306. The number of nitrogens with one attached hydrogen (secondary N) is 1. The topological polar surface area (TPSA) is 51.0 Å². The number of aryl methyl sites for hydroxylation is 1. The summed E-state index contributed by atoms with van der Waals surface area (Å²) in [5.41, 5.74) is 11.9. The lowest BCUT2D eigenvalue weighted by Gasteiger charge is -2.09. The summed E-state index contributed by atoms with van der Waals surface area (Å²) in [7, 11) is 0. The third kappa shape index (κ3) is 4.12. The minimum atomic E-state index is 0.565. The highest BCUT2D eigenvalue weighted by atomic mass is 16.5. The van der Waals surface area contributed by atoms with Gasteiger partial charge in [0.1, 0.15) is 12.4 Å². The molecule has 0 aliphatic carbocycles. The third-order valence-corrected chi connectivity index (χ3v) is 6.07. The van der Waals surface area contributed by atoms with Gasteiger partial charge in [-0.2, -0.15) is 0 Å². The summed E-state index contributed by atoms with van der Waals surface area (Å²) in [4.78, 5) is 3.71. The van der Waals surface area contributed by atoms with E-state index in [1.165, 1.54) is 38.5 Å². The van der Waals surface area contributed by atoms with Gasteiger partial charge in [-0.25, -0.2) is 0 Å². The van der Waals surface area contributed by atoms with Crippen molar-refractivity contribution < 1.29 is 4.74 Å². The van der Waals surface area contributed by atoms with E-state index in [0.29, 0.717) is 6.61 Å². The van der Waals surface area contributed by atoms with Gasteiger partial charge < -0.3 is 15.5 Å². The molecule has 3 heteroatoms. The van der Waals surface area contributed by atoms with Gasteiger partial charge in [-0.15, -0.1) is 0 Å². The predicted molar refractivity (Wildman–Crippen MR) is 134 cm³/mol. The second-order valence-electron chi connectivity index (χ2n) is 8.23. The monoisotopic (exact) mass is 420 g/mol. The van der Waals surface area contributed by atoms with E-state index in [0.717, 1.165) is 37.1 Å². The molecule has 0 bridgehead atoms. The molecule has 1 aromatic heterocycles. The number of H-pyrrole nitrogens is 1. The molecule has 0 atom stereocenters. The Morgan fingerprint density at radius 3 is 2.44 bits per heavy atom. The SMILES string of the molecule is NCCCCc1c(-c2cccc3ccccc23)[nH]c2ccc(OCc3ccccc3)cc12. The molecular formula is C29H28N2O. The Labute approximate surface area is 188 Å². The molecule has 160 valence electrons. The Bertz CT molecular complexity index is 1330. The van der Waals surface area contributed by atoms with E-state index < -0.39 is 0 Å². The number of ether oxygens (including phenoxy) is 1. The Morgan fingerprint density at radius 2 is 1.56 bits per heavy atom. The molecule has 0 fully saturated rings. The zero-order valence-corrected chi connectivity index (χ0v) is 18.2. The quantitative estimate of drug-likeness (QED) is 0.270. The standard InChI is InChI=1S/C29H28N2O/c30-18-7-6-14-26-27-19-23(32-20-21-9-2-1-3-10-21)16-17-28(27)31-29(26)25-15-8-12-22-11-4-5-13-24(22)25/h1-5,8-13,15-17,19,31H,6-7,14,18,20,30H2. The summed E-state index contributed by atoms with van der Waals surface area (Å²) in [5, 5.41) is 3.75. The zero-order valence-electron chi connectivity index (χ0n) is 18.2. The van der Waals surface area contributed by atoms with Crippen molar-refractivity contribution in [2.24, 2.45) is 5.73 Å². The number of benzene rings is 4. The number of aromatic amines is 1. The van der Waals surface area contributed by atoms with Crippen LogP contribution in [0, 0.1) is 0 Å². The van der Waals surface area contributed by atoms with Crippen molar-refractivity contribution in [2.75, 3.05) is 6.54 Å². The Morgan fingerprint density at radius 1 is 0.750 bits per heavy atom. The van der Waals surface area contributed by atoms with Crippen LogP contribution in [0.1, 0.15) is 24.0 Å². The molecule has 4 aromatic carbocycles. The van der Waals surface area contributed by atoms with E-state index in [2.05, 4.69) is 77.8 Å². The molecule has 3 nitrogen and oxygen atoms in total. The van der Waals surface area contributed by atoms with Crippen molar-refractivity contribution in [2.45, 2.75) is 25.9 Å². The van der Waals surface area contributed by atoms with Crippen molar-refractivity contribution in [1.29, 1.82) is 0 Å². The maximum atomic E-state index is 6.13. The van der Waals surface area contributed by atoms with Gasteiger partial charge >= 0.3 is 0 Å². The van der Waals surface area contributed by atoms with Crippen LogP contribution in [0.15, 0.2) is 91.0 Å². The molecule has 0 unspecified atom stereocenters. The van der Waals surface area contributed by atoms with Gasteiger partial charge in [-0.05, 0) is 65.9 Å². The van der Waals surface area contributed by atoms with Crippen LogP contribution in [0.3, 0.4) is 0 Å². The first-order chi connectivity index (χ1) is 15.8. The van der Waals surface area contributed by atoms with E-state index in [-0.39, 0.29) is 0 Å². The fraction of sp³-hybridized carbons (Fsp3) is 0.172. The van der Waals surface area contributed by atoms with Gasteiger partial charge in [0.05, 0.1) is 5.69 Å². The Hall–Kier alpha value is -3.56. The maximum absolute atomic E-state index is 6.13. The number of fused-ring (bicyclic) bond motifs is 2. The number of hydrogen-bond acceptors (Lipinski definition) is 2. The fourth-order valence-electron chi connectivity index (χ4n) is 4.44. The van der Waals surface area contributed by atoms with E-state index in [9.17, 15) is 0 Å². The minimum absolute atomic E-state index is 0.565. The van der Waals surface area contributed by atoms with Crippen molar-refractivity contribution >= 4 is 21.7 Å². The van der Waals surface area contributed by atoms with E-state index >= 15 is 0 Å². The van der Waals surface area contributed by atoms with E-state index in [1.54, 1.807) is 0 Å². The second-order valence-corrected chi connectivity index (χ2v) is 8.23. The van der Waals surface area contributed by atoms with Crippen LogP contribution in [0.5, 0.6) is 5.75 Å². The number of hydrogen-bond donors (Lipinski definition) is 2. The summed E-state index contributed by atoms with van der Waals surface area (Å²) < 4.78 is 6.13. The van der Waals surface area contributed by atoms with Gasteiger partial charge in [0.25, 0.3) is 0 Å². The second kappa shape index (κ2) is 9.29. The fourth-order valence-corrected chi connectivity index (χ4v) is 4.44. The van der Waals surface area contributed by atoms with Gasteiger partial charge in [0.15, 0.2) is 0 Å². The summed E-state index contributed by atoms with van der Waals surface area (Å²) in [5.74, 6) is 0.893. The van der Waals surface area contributed by atoms with Crippen LogP contribution in [0.4, 0.5) is 0 Å². The summed E-state index contributed by atoms with van der Waals surface area (Å²) >= 11 is 0. The molecule has 5 rings (SSSR count). The molecule has 1 heterocycles. The number of nitrogens with two attached hydrogens (primary N) is 1. The largest absolute Gasteiger partial charge is 0.489 e. The average Bonchev–Trinajstić information content (AvgIpc) is 3.21. The molecule has 0 amide bonds. The van der Waals surface area contributed by atoms with Crippen molar-refractivity contribution in [3.05, 3.63) is 102 Å². The van der Waals surface area contributed by atoms with Gasteiger partial charge in [-0.3, -0.25) is 0 Å². The normalized spacial score (nSPS) is 11.3. The summed E-state index contributed by atoms with van der Waals surface area (Å²) in [6, 6.07) is 31.8. The van der Waals surface area contributed by atoms with Crippen molar-refractivity contribution in [3.63, 3.8) is 0 Å². The first-order valence-corrected chi connectivity index (χ1v) is 11.3. The first-order valence-electron chi connectivity index (χ1n) is 11.3. The van der Waals surface area contributed by atoms with Gasteiger partial charge in [-0.1, -0.05) is 72.8 Å². The maximum Gasteiger partial charge on any atom is 0.120 e. The van der Waals surface area contributed by atoms with Crippen molar-refractivity contribution in [3.8, 4) is 17.0 Å². The molecule has 0 saturated heterocycles. The smallest absolute Gasteiger partial charge is 0.120 e. The van der Waals surface area contributed by atoms with Crippen LogP contribution < -0.4 is 10.5 Å². The van der Waals surface area contributed by atoms with Gasteiger partial charge in [0.2, 0.25) is 0 Å². The first kappa shape index (κ1) is 20.3. The molecule has 0 saturated carbocycles. The van der Waals surface area contributed by atoms with Crippen LogP contribution in [-0.4, -0.2) is 11.5 Å². The number of rotatable bonds is 8. The minimum Gasteiger partial charge on any atom is -0.489 e. The Balaban J connectivity index is 1.57. The van der Waals surface area contributed by atoms with E-state index in [1.807, 2.05) is 18.2 Å². The summed E-state index contributed by atoms with van der Waals surface area (Å²) in [6.45, 7) is 1.28. The summed E-state index contributed by atoms with van der Waals surface area (Å²) in [6.07, 6.45) is 3.07. The third-order valence-electron chi connectivity index (χ3n) is 6.07. The van der Waals surface area contributed by atoms with Crippen LogP contribution >= 0.6 is 0 Å². The lowest BCUT2D eigenvalue weighted by Crippen LogP contribution is -1.99. The Kier molecular flexibility index (Phi) is 5.91. The molecule has 3 N–H and O–H groups in total. The van der Waals surface area contributed by atoms with Crippen LogP contribution in [0.2, 0.25) is 0 Å². The van der Waals surface area contributed by atoms with E-state index in [4.69, 9.17) is 10.5 Å². The highest BCUT2D eigenvalue weighted by Crippen LogP contribution is 2.37. The molecular weight excluding hydrogens is 392 g/mol. The average molecular weight is 421 g/mol. The zero-order chi connectivity index (χ0) is 21.8. The highest BCUT2D eigenvalue weighted by Gasteiger charge is 2.16. The van der Waals surface area contributed by atoms with Crippen molar-refractivity contribution in [1.82, 2.24) is 4.98 Å². The molecule has 5 aromatic rings. The molecule has 0 radical (unpaired) electrons. The molecule has 32 heavy (non-hydrogen) atoms. The predicted octanol–water partition coefficient (Wildman–Crippen LogP) is 6.85. The molecule has 0 aliphatic heterocycles. The van der Waals surface area contributed by atoms with Crippen LogP contribution in [0.25, 0.3) is 32.9 Å². The lowest BCUT2D eigenvalue weighted by atomic mass is 9.96. The van der Waals surface area contributed by atoms with Crippen LogP contribution in [-0.2, 0) is 13.0 Å². The highest BCUT2D eigenvalue weighted by molar-refractivity contribution is 6.01.